The monoisotopic (exact) mass is 665 g/mol. The molecule has 0 bridgehead atoms. The summed E-state index contributed by atoms with van der Waals surface area (Å²) >= 11 is 0. The largest absolute Gasteiger partial charge is 3.00 e. The van der Waals surface area contributed by atoms with Gasteiger partial charge in [-0.1, -0.05) is 139 Å². The van der Waals surface area contributed by atoms with Crippen LogP contribution >= 0.6 is 0 Å². The van der Waals surface area contributed by atoms with Crippen LogP contribution in [0.3, 0.4) is 0 Å². The Kier molecular flexibility index (Phi) is 29.3. The maximum absolute atomic E-state index is 10.6. The number of hydrogen-bond acceptors (Lipinski definition) is 6. The SMILES string of the molecule is CCCCCCC(C)(C)C(=O)[O-].CCCCCCC(C)(C)C(=O)[O-].CCCCCCC(C)(C)C(=O)[O-].[Sm+3]. The summed E-state index contributed by atoms with van der Waals surface area (Å²) in [5.41, 5.74) is -1.94. The third kappa shape index (κ3) is 27.1. The molecule has 0 saturated carbocycles. The van der Waals surface area contributed by atoms with Crippen LogP contribution in [0, 0.1) is 56.6 Å². The standard InChI is InChI=1S/3C10H20O2.Sm/c3*1-4-5-6-7-8-10(2,3)9(11)12;/h3*4-8H2,1-3H3,(H,11,12);/q;;;+3/p-3. The molecule has 0 aromatic rings. The second-order valence-electron chi connectivity index (χ2n) is 11.9. The van der Waals surface area contributed by atoms with Gasteiger partial charge in [0.1, 0.15) is 0 Å². The van der Waals surface area contributed by atoms with E-state index in [1.165, 1.54) is 38.5 Å². The molecule has 0 N–H and O–H groups in total. The molecule has 0 aliphatic heterocycles. The molecule has 1 radical (unpaired) electrons. The number of hydrogen-bond donors (Lipinski definition) is 0. The van der Waals surface area contributed by atoms with Crippen molar-refractivity contribution in [3.8, 4) is 0 Å². The summed E-state index contributed by atoms with van der Waals surface area (Å²) in [5.74, 6) is -2.79. The predicted octanol–water partition coefficient (Wildman–Crippen LogP) is 5.20. The van der Waals surface area contributed by atoms with Crippen LogP contribution in [-0.4, -0.2) is 17.9 Å². The summed E-state index contributed by atoms with van der Waals surface area (Å²) in [4.78, 5) is 31.7. The van der Waals surface area contributed by atoms with Crippen LogP contribution in [0.2, 0.25) is 0 Å². The minimum Gasteiger partial charge on any atom is -0.550 e. The zero-order valence-electron chi connectivity index (χ0n) is 25.5. The van der Waals surface area contributed by atoms with Gasteiger partial charge in [0.25, 0.3) is 0 Å². The fourth-order valence-electron chi connectivity index (χ4n) is 3.29. The third-order valence-electron chi connectivity index (χ3n) is 6.62. The average Bonchev–Trinajstić information content (AvgIpc) is 2.78. The van der Waals surface area contributed by atoms with E-state index in [0.29, 0.717) is 0 Å². The van der Waals surface area contributed by atoms with Crippen molar-refractivity contribution in [1.82, 2.24) is 0 Å². The molecule has 0 amide bonds. The van der Waals surface area contributed by atoms with Gasteiger partial charge in [0.15, 0.2) is 0 Å². The molecule has 0 aromatic carbocycles. The van der Waals surface area contributed by atoms with Gasteiger partial charge in [-0.05, 0) is 19.3 Å². The molecule has 0 spiro atoms. The van der Waals surface area contributed by atoms with Crippen molar-refractivity contribution in [3.05, 3.63) is 0 Å². The molecule has 0 atom stereocenters. The number of carbonyl (C=O) groups excluding carboxylic acids is 3. The molecule has 6 nitrogen and oxygen atoms in total. The number of carboxylic acids is 3. The number of rotatable bonds is 18. The summed E-state index contributed by atoms with van der Waals surface area (Å²) in [6.45, 7) is 16.8. The molecule has 0 aliphatic carbocycles. The van der Waals surface area contributed by atoms with E-state index in [1.54, 1.807) is 41.5 Å². The van der Waals surface area contributed by atoms with E-state index in [0.717, 1.165) is 57.8 Å². The van der Waals surface area contributed by atoms with Gasteiger partial charge in [-0.2, -0.15) is 0 Å². The first-order valence-corrected chi connectivity index (χ1v) is 14.2. The maximum atomic E-state index is 10.6. The van der Waals surface area contributed by atoms with Gasteiger partial charge < -0.3 is 29.7 Å². The van der Waals surface area contributed by atoms with Gasteiger partial charge in [-0.15, -0.1) is 0 Å². The minimum absolute atomic E-state index is 0. The van der Waals surface area contributed by atoms with E-state index in [-0.39, 0.29) is 40.4 Å². The number of aliphatic carboxylic acids is 3. The zero-order valence-corrected chi connectivity index (χ0v) is 28.1. The molecule has 0 fully saturated rings. The van der Waals surface area contributed by atoms with Gasteiger partial charge in [-0.25, -0.2) is 0 Å². The van der Waals surface area contributed by atoms with Crippen molar-refractivity contribution in [2.75, 3.05) is 0 Å². The Morgan fingerprint density at radius 1 is 0.432 bits per heavy atom. The van der Waals surface area contributed by atoms with E-state index < -0.39 is 34.2 Å². The molecule has 0 aromatic heterocycles. The van der Waals surface area contributed by atoms with Crippen LogP contribution in [0.15, 0.2) is 0 Å². The molecule has 0 heterocycles. The molecule has 0 aliphatic rings. The van der Waals surface area contributed by atoms with Crippen molar-refractivity contribution >= 4 is 17.9 Å². The van der Waals surface area contributed by atoms with Crippen molar-refractivity contribution < 1.29 is 70.1 Å². The second kappa shape index (κ2) is 24.8. The Morgan fingerprint density at radius 3 is 0.757 bits per heavy atom. The van der Waals surface area contributed by atoms with Crippen LogP contribution in [-0.2, 0) is 14.4 Å². The van der Waals surface area contributed by atoms with Crippen molar-refractivity contribution in [3.63, 3.8) is 0 Å². The minimum atomic E-state index is -0.931. The Morgan fingerprint density at radius 2 is 0.622 bits per heavy atom. The molecular weight excluding hydrogens is 607 g/mol. The first kappa shape index (κ1) is 43.8. The molecule has 0 rings (SSSR count). The van der Waals surface area contributed by atoms with E-state index in [1.807, 2.05) is 0 Å². The normalized spacial score (nSPS) is 11.3. The van der Waals surface area contributed by atoms with E-state index >= 15 is 0 Å². The van der Waals surface area contributed by atoms with Gasteiger partial charge in [-0.3, -0.25) is 0 Å². The van der Waals surface area contributed by atoms with E-state index in [4.69, 9.17) is 0 Å². The summed E-state index contributed by atoms with van der Waals surface area (Å²) < 4.78 is 0. The smallest absolute Gasteiger partial charge is 0.550 e. The quantitative estimate of drug-likeness (QED) is 0.186. The Hall–Kier alpha value is -0.252. The fourth-order valence-corrected chi connectivity index (χ4v) is 3.29. The predicted molar refractivity (Wildman–Crippen MR) is 143 cm³/mol. The van der Waals surface area contributed by atoms with Crippen LogP contribution < -0.4 is 15.3 Å². The molecule has 0 unspecified atom stereocenters. The van der Waals surface area contributed by atoms with Crippen LogP contribution in [0.5, 0.6) is 0 Å². The molecule has 219 valence electrons. The first-order valence-electron chi connectivity index (χ1n) is 14.2. The first-order chi connectivity index (χ1) is 16.5. The van der Waals surface area contributed by atoms with Crippen molar-refractivity contribution in [1.29, 1.82) is 0 Å². The summed E-state index contributed by atoms with van der Waals surface area (Å²) in [7, 11) is 0. The van der Waals surface area contributed by atoms with Crippen LogP contribution in [0.4, 0.5) is 0 Å². The number of carbonyl (C=O) groups is 3. The van der Waals surface area contributed by atoms with Gasteiger partial charge >= 0.3 is 40.4 Å². The van der Waals surface area contributed by atoms with E-state index in [9.17, 15) is 29.7 Å². The van der Waals surface area contributed by atoms with Crippen LogP contribution in [0.1, 0.15) is 159 Å². The van der Waals surface area contributed by atoms with Crippen LogP contribution in [0.25, 0.3) is 0 Å². The zero-order chi connectivity index (χ0) is 28.8. The second-order valence-corrected chi connectivity index (χ2v) is 11.9. The summed E-state index contributed by atoms with van der Waals surface area (Å²) in [6.07, 6.45) is 15.7. The molecule has 37 heavy (non-hydrogen) atoms. The van der Waals surface area contributed by atoms with Gasteiger partial charge in [0.2, 0.25) is 0 Å². The molecular formula is C30H57O6Sm. The number of unbranched alkanes of at least 4 members (excludes halogenated alkanes) is 9. The maximum Gasteiger partial charge on any atom is 3.00 e. The van der Waals surface area contributed by atoms with E-state index in [2.05, 4.69) is 20.8 Å². The van der Waals surface area contributed by atoms with Crippen molar-refractivity contribution in [2.24, 2.45) is 16.2 Å². The topological polar surface area (TPSA) is 120 Å². The summed E-state index contributed by atoms with van der Waals surface area (Å²) in [6, 6.07) is 0. The summed E-state index contributed by atoms with van der Waals surface area (Å²) in [5, 5.41) is 31.7. The Labute approximate surface area is 261 Å². The third-order valence-corrected chi connectivity index (χ3v) is 6.62. The fraction of sp³-hybridized carbons (Fsp3) is 0.900. The average molecular weight is 664 g/mol. The van der Waals surface area contributed by atoms with Crippen molar-refractivity contribution in [2.45, 2.75) is 159 Å². The Bertz CT molecular complexity index is 504. The number of carboxylic acid groups (broad SMARTS) is 3. The Balaban J connectivity index is -0.000000218. The van der Waals surface area contributed by atoms with Gasteiger partial charge in [0, 0.05) is 34.2 Å². The molecule has 7 heteroatoms. The molecule has 0 saturated heterocycles. The van der Waals surface area contributed by atoms with Gasteiger partial charge in [0.05, 0.1) is 0 Å².